The fourth-order valence-electron chi connectivity index (χ4n) is 1.97. The Morgan fingerprint density at radius 1 is 1.40 bits per heavy atom. The Labute approximate surface area is 119 Å². The van der Waals surface area contributed by atoms with Crippen molar-refractivity contribution in [2.45, 2.75) is 32.2 Å². The van der Waals surface area contributed by atoms with Crippen LogP contribution in [0.1, 0.15) is 37.8 Å². The third kappa shape index (κ3) is 6.63. The molecule has 0 aromatic heterocycles. The van der Waals surface area contributed by atoms with Crippen LogP contribution in [0.4, 0.5) is 4.39 Å². The predicted molar refractivity (Wildman–Crippen MR) is 76.7 cm³/mol. The molecule has 1 atom stereocenters. The SMILES string of the molecule is CCCCC(NCCOCC(N)=O)c1ccc(F)cc1. The number of nitrogens with two attached hydrogens (primary N) is 1. The zero-order chi connectivity index (χ0) is 14.8. The maximum absolute atomic E-state index is 12.9. The van der Waals surface area contributed by atoms with Gasteiger partial charge in [-0.3, -0.25) is 4.79 Å². The summed E-state index contributed by atoms with van der Waals surface area (Å²) >= 11 is 0. The van der Waals surface area contributed by atoms with E-state index in [1.807, 2.05) is 0 Å². The van der Waals surface area contributed by atoms with Crippen molar-refractivity contribution in [3.8, 4) is 0 Å². The van der Waals surface area contributed by atoms with E-state index < -0.39 is 5.91 Å². The summed E-state index contributed by atoms with van der Waals surface area (Å²) in [5, 5.41) is 3.36. The minimum absolute atomic E-state index is 0.0577. The fraction of sp³-hybridized carbons (Fsp3) is 0.533. The van der Waals surface area contributed by atoms with Crippen LogP contribution in [0.25, 0.3) is 0 Å². The van der Waals surface area contributed by atoms with Crippen molar-refractivity contribution in [1.29, 1.82) is 0 Å². The van der Waals surface area contributed by atoms with Crippen LogP contribution in [-0.2, 0) is 9.53 Å². The van der Waals surface area contributed by atoms with Crippen LogP contribution in [0.5, 0.6) is 0 Å². The van der Waals surface area contributed by atoms with Gasteiger partial charge in [0.2, 0.25) is 5.91 Å². The number of halogens is 1. The molecule has 1 unspecified atom stereocenters. The number of hydrogen-bond acceptors (Lipinski definition) is 3. The molecule has 0 saturated carbocycles. The zero-order valence-electron chi connectivity index (χ0n) is 11.9. The lowest BCUT2D eigenvalue weighted by atomic mass is 10.0. The molecular formula is C15H23FN2O2. The molecule has 0 spiro atoms. The molecule has 1 aromatic carbocycles. The molecule has 0 aliphatic heterocycles. The fourth-order valence-corrected chi connectivity index (χ4v) is 1.97. The number of carbonyl (C=O) groups excluding carboxylic acids is 1. The number of rotatable bonds is 10. The van der Waals surface area contributed by atoms with Crippen molar-refractivity contribution in [3.05, 3.63) is 35.6 Å². The van der Waals surface area contributed by atoms with Gasteiger partial charge >= 0.3 is 0 Å². The standard InChI is InChI=1S/C15H23FN2O2/c1-2-3-4-14(12-5-7-13(16)8-6-12)18-9-10-20-11-15(17)19/h5-8,14,18H,2-4,9-11H2,1H3,(H2,17,19). The van der Waals surface area contributed by atoms with Gasteiger partial charge in [-0.2, -0.15) is 0 Å². The Kier molecular flexibility index (Phi) is 7.84. The van der Waals surface area contributed by atoms with E-state index >= 15 is 0 Å². The second-order valence-electron chi connectivity index (χ2n) is 4.72. The number of carbonyl (C=O) groups is 1. The normalized spacial score (nSPS) is 12.3. The summed E-state index contributed by atoms with van der Waals surface area (Å²) in [6.45, 7) is 3.13. The summed E-state index contributed by atoms with van der Waals surface area (Å²) in [6, 6.07) is 6.71. The van der Waals surface area contributed by atoms with E-state index in [0.29, 0.717) is 13.2 Å². The number of ether oxygens (including phenoxy) is 1. The lowest BCUT2D eigenvalue weighted by Crippen LogP contribution is -2.27. The number of amides is 1. The first-order chi connectivity index (χ1) is 9.63. The van der Waals surface area contributed by atoms with Crippen LogP contribution in [0.15, 0.2) is 24.3 Å². The lowest BCUT2D eigenvalue weighted by Gasteiger charge is -2.19. The maximum atomic E-state index is 12.9. The predicted octanol–water partition coefficient (Wildman–Crippen LogP) is 2.15. The molecular weight excluding hydrogens is 259 g/mol. The number of nitrogens with one attached hydrogen (secondary N) is 1. The summed E-state index contributed by atoms with van der Waals surface area (Å²) in [5.41, 5.74) is 6.05. The Morgan fingerprint density at radius 3 is 2.70 bits per heavy atom. The highest BCUT2D eigenvalue weighted by Gasteiger charge is 2.10. The van der Waals surface area contributed by atoms with Gasteiger partial charge in [-0.15, -0.1) is 0 Å². The molecule has 3 N–H and O–H groups in total. The molecule has 0 fully saturated rings. The molecule has 0 saturated heterocycles. The minimum atomic E-state index is -0.467. The number of unbranched alkanes of at least 4 members (excludes halogenated alkanes) is 1. The monoisotopic (exact) mass is 282 g/mol. The first-order valence-electron chi connectivity index (χ1n) is 6.98. The second kappa shape index (κ2) is 9.44. The molecule has 0 aliphatic rings. The molecule has 5 heteroatoms. The van der Waals surface area contributed by atoms with Gasteiger partial charge in [0, 0.05) is 12.6 Å². The average molecular weight is 282 g/mol. The zero-order valence-corrected chi connectivity index (χ0v) is 11.9. The van der Waals surface area contributed by atoms with Gasteiger partial charge in [0.1, 0.15) is 12.4 Å². The lowest BCUT2D eigenvalue weighted by molar-refractivity contribution is -0.122. The van der Waals surface area contributed by atoms with Crippen molar-refractivity contribution in [3.63, 3.8) is 0 Å². The number of hydrogen-bond donors (Lipinski definition) is 2. The summed E-state index contributed by atoms with van der Waals surface area (Å²) in [4.78, 5) is 10.5. The van der Waals surface area contributed by atoms with E-state index in [-0.39, 0.29) is 18.5 Å². The van der Waals surface area contributed by atoms with Crippen LogP contribution in [0.2, 0.25) is 0 Å². The Balaban J connectivity index is 2.43. The van der Waals surface area contributed by atoms with Gasteiger partial charge in [0.25, 0.3) is 0 Å². The van der Waals surface area contributed by atoms with Crippen molar-refractivity contribution in [2.24, 2.45) is 5.73 Å². The van der Waals surface area contributed by atoms with E-state index in [2.05, 4.69) is 12.2 Å². The van der Waals surface area contributed by atoms with E-state index in [1.165, 1.54) is 12.1 Å². The van der Waals surface area contributed by atoms with Crippen molar-refractivity contribution >= 4 is 5.91 Å². The van der Waals surface area contributed by atoms with Gasteiger partial charge in [0.05, 0.1) is 6.61 Å². The van der Waals surface area contributed by atoms with Crippen LogP contribution in [0, 0.1) is 5.82 Å². The summed E-state index contributed by atoms with van der Waals surface area (Å²) in [7, 11) is 0. The summed E-state index contributed by atoms with van der Waals surface area (Å²) < 4.78 is 18.1. The van der Waals surface area contributed by atoms with E-state index in [9.17, 15) is 9.18 Å². The van der Waals surface area contributed by atoms with Gasteiger partial charge in [-0.05, 0) is 24.1 Å². The molecule has 0 bridgehead atoms. The Morgan fingerprint density at radius 2 is 2.10 bits per heavy atom. The average Bonchev–Trinajstić information content (AvgIpc) is 2.42. The molecule has 1 amide bonds. The number of primary amides is 1. The smallest absolute Gasteiger partial charge is 0.243 e. The molecule has 0 aliphatic carbocycles. The molecule has 1 rings (SSSR count). The molecule has 0 radical (unpaired) electrons. The molecule has 20 heavy (non-hydrogen) atoms. The third-order valence-corrected chi connectivity index (χ3v) is 3.00. The maximum Gasteiger partial charge on any atom is 0.243 e. The molecule has 1 aromatic rings. The Bertz CT molecular complexity index is 395. The van der Waals surface area contributed by atoms with Crippen LogP contribution >= 0.6 is 0 Å². The van der Waals surface area contributed by atoms with Gasteiger partial charge in [-0.1, -0.05) is 31.9 Å². The molecule has 4 nitrogen and oxygen atoms in total. The summed E-state index contributed by atoms with van der Waals surface area (Å²) in [5.74, 6) is -0.696. The van der Waals surface area contributed by atoms with E-state index in [0.717, 1.165) is 24.8 Å². The van der Waals surface area contributed by atoms with Crippen molar-refractivity contribution in [2.75, 3.05) is 19.8 Å². The second-order valence-corrected chi connectivity index (χ2v) is 4.72. The van der Waals surface area contributed by atoms with Gasteiger partial charge < -0.3 is 15.8 Å². The van der Waals surface area contributed by atoms with Crippen LogP contribution in [0.3, 0.4) is 0 Å². The van der Waals surface area contributed by atoms with Crippen molar-refractivity contribution < 1.29 is 13.9 Å². The molecule has 112 valence electrons. The van der Waals surface area contributed by atoms with E-state index in [1.54, 1.807) is 12.1 Å². The first-order valence-corrected chi connectivity index (χ1v) is 6.98. The highest BCUT2D eigenvalue weighted by atomic mass is 19.1. The van der Waals surface area contributed by atoms with Gasteiger partial charge in [0.15, 0.2) is 0 Å². The van der Waals surface area contributed by atoms with Crippen LogP contribution in [-0.4, -0.2) is 25.7 Å². The topological polar surface area (TPSA) is 64.3 Å². The van der Waals surface area contributed by atoms with Gasteiger partial charge in [-0.25, -0.2) is 4.39 Å². The third-order valence-electron chi connectivity index (χ3n) is 3.00. The van der Waals surface area contributed by atoms with Crippen LogP contribution < -0.4 is 11.1 Å². The first kappa shape index (κ1) is 16.6. The highest BCUT2D eigenvalue weighted by Crippen LogP contribution is 2.19. The minimum Gasteiger partial charge on any atom is -0.370 e. The largest absolute Gasteiger partial charge is 0.370 e. The number of benzene rings is 1. The highest BCUT2D eigenvalue weighted by molar-refractivity contribution is 5.74. The Hall–Kier alpha value is -1.46. The quantitative estimate of drug-likeness (QED) is 0.646. The van der Waals surface area contributed by atoms with E-state index in [4.69, 9.17) is 10.5 Å². The summed E-state index contributed by atoms with van der Waals surface area (Å²) in [6.07, 6.45) is 3.19. The molecule has 0 heterocycles. The van der Waals surface area contributed by atoms with Crippen molar-refractivity contribution in [1.82, 2.24) is 5.32 Å².